The molecule has 0 unspecified atom stereocenters. The van der Waals surface area contributed by atoms with Crippen molar-refractivity contribution in [2.24, 2.45) is 0 Å². The van der Waals surface area contributed by atoms with Gasteiger partial charge in [0.25, 0.3) is 0 Å². The second-order valence-corrected chi connectivity index (χ2v) is 25.1. The third kappa shape index (κ3) is 9.84. The van der Waals surface area contributed by atoms with E-state index in [4.69, 9.17) is 0 Å². The lowest BCUT2D eigenvalue weighted by Crippen LogP contribution is -1.92. The molecule has 0 saturated heterocycles. The Labute approximate surface area is 591 Å². The summed E-state index contributed by atoms with van der Waals surface area (Å²) in [5.41, 5.74) is 6.44. The minimum Gasteiger partial charge on any atom is -0.256 e. The molecule has 3 heterocycles. The molecule has 20 aromatic rings. The number of pyridine rings is 2. The number of benzene rings is 17. The van der Waals surface area contributed by atoms with E-state index in [1.165, 1.54) is 10.8 Å². The van der Waals surface area contributed by atoms with Crippen LogP contribution in [0.25, 0.3) is 173 Å². The summed E-state index contributed by atoms with van der Waals surface area (Å²) in [6.45, 7) is 0. The van der Waals surface area contributed by atoms with Crippen molar-refractivity contribution in [3.63, 3.8) is 0 Å². The van der Waals surface area contributed by atoms with Gasteiger partial charge in [0, 0.05) is 57.1 Å². The van der Waals surface area contributed by atoms with E-state index in [2.05, 4.69) is 184 Å². The van der Waals surface area contributed by atoms with Crippen LogP contribution in [-0.4, -0.2) is 19.9 Å². The molecule has 0 saturated carbocycles. The highest BCUT2D eigenvalue weighted by molar-refractivity contribution is 6.35. The molecule has 17 aromatic carbocycles. The van der Waals surface area contributed by atoms with Gasteiger partial charge in [0.1, 0.15) is 48.6 Å². The van der Waals surface area contributed by atoms with Gasteiger partial charge in [-0.1, -0.05) is 182 Å². The predicted molar refractivity (Wildman–Crippen MR) is 415 cm³/mol. The van der Waals surface area contributed by atoms with E-state index in [9.17, 15) is 42.1 Å². The number of nitrogens with zero attached hydrogens (tertiary/aromatic N) is 12. The zero-order chi connectivity index (χ0) is 70.7. The van der Waals surface area contributed by atoms with Crippen LogP contribution in [0.3, 0.4) is 0 Å². The molecule has 12 nitrogen and oxygen atoms in total. The lowest BCUT2D eigenvalue weighted by molar-refractivity contribution is 1.31. The van der Waals surface area contributed by atoms with Crippen LogP contribution in [0.2, 0.25) is 0 Å². The number of rotatable bonds is 0. The fourth-order valence-corrected chi connectivity index (χ4v) is 15.3. The second kappa shape index (κ2) is 25.2. The molecule has 472 valence electrons. The molecule has 0 aliphatic rings. The van der Waals surface area contributed by atoms with Crippen molar-refractivity contribution in [1.82, 2.24) is 19.9 Å². The molecule has 12 heteroatoms. The molecular formula is C92H44N12. The lowest BCUT2D eigenvalue weighted by atomic mass is 9.89. The average molecular weight is 1320 g/mol. The van der Waals surface area contributed by atoms with Crippen molar-refractivity contribution in [2.45, 2.75) is 0 Å². The molecule has 0 atom stereocenters. The standard InChI is InChI=1S/C24H12N2.2C23H11N3.C22H10N4/c25-13-16-11-22-20-8-4-3-7-19(20)21-10-9-15-5-1-2-6-18(15)24(21)23(22)12-17(16)14-26;24-12-15-10-20-21(11-16(15)13-25)23-19(6-3-9-26-23)18-8-7-14-4-1-2-5-17(14)22(18)20;24-12-15-10-20-18-6-3-9-26-23(18)19-8-7-14-4-1-2-5-17(14)22(19)21(20)11-16(15)13-25;23-11-14-9-18-19(10-15(14)12-24)22-21(25-7-8-26-22)17-6-5-13-3-1-2-4-16(13)20(17)18/h1-12H;2*1-11H;1-10H. The third-order valence-corrected chi connectivity index (χ3v) is 19.8. The van der Waals surface area contributed by atoms with Crippen molar-refractivity contribution in [3.05, 3.63) is 312 Å². The van der Waals surface area contributed by atoms with Gasteiger partial charge in [-0.25, -0.2) is 0 Å². The fourth-order valence-electron chi connectivity index (χ4n) is 15.3. The highest BCUT2D eigenvalue weighted by Crippen LogP contribution is 2.44. The predicted octanol–water partition coefficient (Wildman–Crippen LogP) is 21.8. The molecule has 0 aliphatic heterocycles. The zero-order valence-corrected chi connectivity index (χ0v) is 54.8. The smallest absolute Gasteiger partial charge is 0.101 e. The lowest BCUT2D eigenvalue weighted by Gasteiger charge is -2.13. The summed E-state index contributed by atoms with van der Waals surface area (Å²) in [6, 6.07) is 97.7. The van der Waals surface area contributed by atoms with E-state index in [1.54, 1.807) is 43.0 Å². The summed E-state index contributed by atoms with van der Waals surface area (Å²) in [7, 11) is 0. The number of fused-ring (bicyclic) bond motifs is 32. The Bertz CT molecular complexity index is 6680. The largest absolute Gasteiger partial charge is 0.256 e. The van der Waals surface area contributed by atoms with Crippen LogP contribution < -0.4 is 0 Å². The molecular weight excluding hydrogens is 1270 g/mol. The topological polar surface area (TPSA) is 242 Å². The highest BCUT2D eigenvalue weighted by atomic mass is 14.8. The van der Waals surface area contributed by atoms with E-state index in [0.29, 0.717) is 44.5 Å². The Balaban J connectivity index is 0.000000103. The summed E-state index contributed by atoms with van der Waals surface area (Å²) in [5, 5.41) is 105. The van der Waals surface area contributed by atoms with Crippen LogP contribution >= 0.6 is 0 Å². The first kappa shape index (κ1) is 61.8. The number of nitriles is 8. The van der Waals surface area contributed by atoms with Crippen LogP contribution in [0.1, 0.15) is 44.5 Å². The summed E-state index contributed by atoms with van der Waals surface area (Å²) in [4.78, 5) is 18.3. The summed E-state index contributed by atoms with van der Waals surface area (Å²) in [5.74, 6) is 0. The van der Waals surface area contributed by atoms with Gasteiger partial charge in [0.15, 0.2) is 0 Å². The van der Waals surface area contributed by atoms with Gasteiger partial charge in [-0.2, -0.15) is 42.1 Å². The van der Waals surface area contributed by atoms with Gasteiger partial charge in [-0.05, 0) is 179 Å². The van der Waals surface area contributed by atoms with Crippen molar-refractivity contribution >= 4 is 173 Å². The Morgan fingerprint density at radius 2 is 0.394 bits per heavy atom. The minimum absolute atomic E-state index is 0.353. The maximum atomic E-state index is 9.51. The summed E-state index contributed by atoms with van der Waals surface area (Å²) < 4.78 is 0. The molecule has 0 amide bonds. The van der Waals surface area contributed by atoms with Gasteiger partial charge in [-0.3, -0.25) is 19.9 Å². The Morgan fingerprint density at radius 1 is 0.163 bits per heavy atom. The highest BCUT2D eigenvalue weighted by Gasteiger charge is 2.20. The SMILES string of the molecule is N#Cc1cc2c(cc1C#N)c1c3ccccc3ccc1c1cccnc12.N#Cc1cc2c(cc1C#N)c1c3ccccc3ccc1c1nccnc21.N#Cc1cc2c3ccccc3c3ccc4ccccc4c3c2cc1C#N.N#Cc1cc2c3cccnc3c3ccc4ccccc4c3c2cc1C#N. The van der Waals surface area contributed by atoms with Crippen LogP contribution in [0.15, 0.2) is 267 Å². The average Bonchev–Trinajstić information content (AvgIpc) is 0.747. The van der Waals surface area contributed by atoms with Crippen LogP contribution in [-0.2, 0) is 0 Å². The van der Waals surface area contributed by atoms with Gasteiger partial charge >= 0.3 is 0 Å². The molecule has 3 aromatic heterocycles. The van der Waals surface area contributed by atoms with Gasteiger partial charge in [-0.15, -0.1) is 0 Å². The maximum absolute atomic E-state index is 9.51. The van der Waals surface area contributed by atoms with E-state index in [-0.39, 0.29) is 0 Å². The molecule has 0 bridgehead atoms. The molecule has 0 N–H and O–H groups in total. The first-order valence-corrected chi connectivity index (χ1v) is 33.1. The van der Waals surface area contributed by atoms with Crippen LogP contribution in [0.4, 0.5) is 0 Å². The molecule has 0 fully saturated rings. The maximum Gasteiger partial charge on any atom is 0.101 e. The molecule has 0 spiro atoms. The monoisotopic (exact) mass is 1320 g/mol. The third-order valence-electron chi connectivity index (χ3n) is 19.8. The quantitative estimate of drug-likeness (QED) is 0.129. The van der Waals surface area contributed by atoms with Crippen LogP contribution in [0, 0.1) is 90.6 Å². The molecule has 104 heavy (non-hydrogen) atoms. The molecule has 0 radical (unpaired) electrons. The number of hydrogen-bond acceptors (Lipinski definition) is 12. The van der Waals surface area contributed by atoms with E-state index in [0.717, 1.165) is 162 Å². The van der Waals surface area contributed by atoms with Crippen molar-refractivity contribution in [1.29, 1.82) is 42.1 Å². The number of aromatic nitrogens is 4. The fraction of sp³-hybridized carbons (Fsp3) is 0. The van der Waals surface area contributed by atoms with E-state index in [1.807, 2.05) is 109 Å². The Kier molecular flexibility index (Phi) is 15.0. The zero-order valence-electron chi connectivity index (χ0n) is 54.8. The normalized spacial score (nSPS) is 11.0. The second-order valence-electron chi connectivity index (χ2n) is 25.1. The van der Waals surface area contributed by atoms with Crippen molar-refractivity contribution in [2.75, 3.05) is 0 Å². The van der Waals surface area contributed by atoms with Gasteiger partial charge in [0.05, 0.1) is 66.6 Å². The van der Waals surface area contributed by atoms with E-state index >= 15 is 0 Å². The van der Waals surface area contributed by atoms with Crippen LogP contribution in [0.5, 0.6) is 0 Å². The summed E-state index contributed by atoms with van der Waals surface area (Å²) >= 11 is 0. The molecule has 0 aliphatic carbocycles. The van der Waals surface area contributed by atoms with Crippen molar-refractivity contribution < 1.29 is 0 Å². The van der Waals surface area contributed by atoms with E-state index < -0.39 is 0 Å². The van der Waals surface area contributed by atoms with Gasteiger partial charge in [0.2, 0.25) is 0 Å². The van der Waals surface area contributed by atoms with Gasteiger partial charge < -0.3 is 0 Å². The number of hydrogen-bond donors (Lipinski definition) is 0. The first-order chi connectivity index (χ1) is 51.3. The first-order valence-electron chi connectivity index (χ1n) is 33.1. The summed E-state index contributed by atoms with van der Waals surface area (Å²) in [6.07, 6.45) is 6.88. The van der Waals surface area contributed by atoms with Crippen molar-refractivity contribution in [3.8, 4) is 48.6 Å². The Hall–Kier alpha value is -15.8. The molecule has 20 rings (SSSR count). The Morgan fingerprint density at radius 3 is 0.779 bits per heavy atom. The minimum atomic E-state index is 0.353.